The fraction of sp³-hybridized carbons (Fsp3) is 0.105. The van der Waals surface area contributed by atoms with Gasteiger partial charge in [-0.05, 0) is 36.4 Å². The van der Waals surface area contributed by atoms with Crippen LogP contribution in [-0.2, 0) is 11.3 Å². The van der Waals surface area contributed by atoms with Crippen LogP contribution >= 0.6 is 11.6 Å². The third kappa shape index (κ3) is 4.65. The summed E-state index contributed by atoms with van der Waals surface area (Å²) in [6, 6.07) is 14.0. The summed E-state index contributed by atoms with van der Waals surface area (Å²) in [5.41, 5.74) is 2.41. The van der Waals surface area contributed by atoms with Crippen molar-refractivity contribution < 1.29 is 14.3 Å². The van der Waals surface area contributed by atoms with Crippen LogP contribution in [0.2, 0.25) is 5.02 Å². The lowest BCUT2D eigenvalue weighted by Crippen LogP contribution is -2.24. The zero-order chi connectivity index (χ0) is 19.2. The van der Waals surface area contributed by atoms with Crippen LogP contribution in [0.5, 0.6) is 0 Å². The van der Waals surface area contributed by atoms with Crippen LogP contribution in [0.15, 0.2) is 60.9 Å². The number of nitrogens with one attached hydrogen (secondary N) is 2. The molecule has 0 saturated carbocycles. The Balaban J connectivity index is 1.66. The molecule has 0 aliphatic heterocycles. The van der Waals surface area contributed by atoms with Gasteiger partial charge >= 0.3 is 6.09 Å². The Morgan fingerprint density at radius 2 is 1.89 bits per heavy atom. The Hall–Kier alpha value is -3.32. The minimum Gasteiger partial charge on any atom is -0.453 e. The molecule has 1 aromatic heterocycles. The summed E-state index contributed by atoms with van der Waals surface area (Å²) in [5, 5.41) is 10.3. The minimum absolute atomic E-state index is 0.291. The Labute approximate surface area is 160 Å². The molecule has 2 aromatic carbocycles. The zero-order valence-electron chi connectivity index (χ0n) is 14.5. The van der Waals surface area contributed by atoms with Gasteiger partial charge in [0.25, 0.3) is 5.91 Å². The molecule has 7 nitrogen and oxygen atoms in total. The third-order valence-corrected chi connectivity index (χ3v) is 4.03. The van der Waals surface area contributed by atoms with Crippen LogP contribution in [0.25, 0.3) is 5.69 Å². The quantitative estimate of drug-likeness (QED) is 0.703. The Kier molecular flexibility index (Phi) is 5.73. The second-order valence-electron chi connectivity index (χ2n) is 5.61. The number of aromatic nitrogens is 2. The first-order chi connectivity index (χ1) is 13.1. The predicted octanol–water partition coefficient (Wildman–Crippen LogP) is 3.63. The van der Waals surface area contributed by atoms with Crippen molar-refractivity contribution in [3.63, 3.8) is 0 Å². The first-order valence-electron chi connectivity index (χ1n) is 8.08. The fourth-order valence-electron chi connectivity index (χ4n) is 2.42. The van der Waals surface area contributed by atoms with Crippen LogP contribution in [0.3, 0.4) is 0 Å². The molecule has 138 valence electrons. The summed E-state index contributed by atoms with van der Waals surface area (Å²) in [6.07, 6.45) is 2.86. The molecule has 1 heterocycles. The molecule has 3 aromatic rings. The number of anilines is 1. The average molecular weight is 385 g/mol. The van der Waals surface area contributed by atoms with Crippen LogP contribution in [0, 0.1) is 0 Å². The molecular weight excluding hydrogens is 368 g/mol. The van der Waals surface area contributed by atoms with Gasteiger partial charge < -0.3 is 10.1 Å². The van der Waals surface area contributed by atoms with E-state index in [0.29, 0.717) is 22.8 Å². The van der Waals surface area contributed by atoms with E-state index >= 15 is 0 Å². The van der Waals surface area contributed by atoms with Crippen molar-refractivity contribution >= 4 is 29.3 Å². The molecule has 0 aliphatic carbocycles. The number of benzene rings is 2. The van der Waals surface area contributed by atoms with Gasteiger partial charge in [-0.2, -0.15) is 5.10 Å². The lowest BCUT2D eigenvalue weighted by atomic mass is 10.1. The first kappa shape index (κ1) is 18.5. The van der Waals surface area contributed by atoms with Gasteiger partial charge in [-0.15, -0.1) is 0 Å². The summed E-state index contributed by atoms with van der Waals surface area (Å²) < 4.78 is 6.27. The molecule has 27 heavy (non-hydrogen) atoms. The van der Waals surface area contributed by atoms with E-state index in [4.69, 9.17) is 11.6 Å². The topological polar surface area (TPSA) is 85.2 Å². The van der Waals surface area contributed by atoms with Gasteiger partial charge in [0.05, 0.1) is 30.2 Å². The summed E-state index contributed by atoms with van der Waals surface area (Å²) in [4.78, 5) is 23.9. The number of halogens is 1. The smallest absolute Gasteiger partial charge is 0.411 e. The van der Waals surface area contributed by atoms with E-state index < -0.39 is 6.09 Å². The number of methoxy groups -OCH3 is 1. The van der Waals surface area contributed by atoms with E-state index in [1.807, 2.05) is 18.3 Å². The molecule has 3 rings (SSSR count). The molecule has 2 N–H and O–H groups in total. The molecule has 0 saturated heterocycles. The van der Waals surface area contributed by atoms with E-state index in [0.717, 1.165) is 11.3 Å². The number of carbonyl (C=O) groups is 2. The lowest BCUT2D eigenvalue weighted by molar-refractivity contribution is 0.0952. The van der Waals surface area contributed by atoms with Crippen molar-refractivity contribution in [3.8, 4) is 5.69 Å². The predicted molar refractivity (Wildman–Crippen MR) is 102 cm³/mol. The second kappa shape index (κ2) is 8.37. The first-order valence-corrected chi connectivity index (χ1v) is 8.46. The molecule has 0 atom stereocenters. The van der Waals surface area contributed by atoms with Crippen molar-refractivity contribution in [2.75, 3.05) is 12.4 Å². The highest BCUT2D eigenvalue weighted by molar-refractivity contribution is 6.30. The maximum atomic E-state index is 12.5. The summed E-state index contributed by atoms with van der Waals surface area (Å²) >= 11 is 5.89. The largest absolute Gasteiger partial charge is 0.453 e. The number of para-hydroxylation sites is 1. The van der Waals surface area contributed by atoms with Gasteiger partial charge in [0.2, 0.25) is 0 Å². The molecule has 0 radical (unpaired) electrons. The van der Waals surface area contributed by atoms with Crippen molar-refractivity contribution in [1.82, 2.24) is 15.1 Å². The normalized spacial score (nSPS) is 10.3. The van der Waals surface area contributed by atoms with E-state index in [1.165, 1.54) is 7.11 Å². The molecular formula is C19H17ClN4O3. The number of carbonyl (C=O) groups excluding carboxylic acids is 2. The average Bonchev–Trinajstić information content (AvgIpc) is 3.16. The Morgan fingerprint density at radius 3 is 2.63 bits per heavy atom. The van der Waals surface area contributed by atoms with Crippen molar-refractivity contribution in [2.45, 2.75) is 6.54 Å². The summed E-state index contributed by atoms with van der Waals surface area (Å²) in [6.45, 7) is 0.291. The van der Waals surface area contributed by atoms with Gasteiger partial charge in [0.1, 0.15) is 0 Å². The van der Waals surface area contributed by atoms with Crippen LogP contribution in [0.4, 0.5) is 10.5 Å². The molecule has 8 heteroatoms. The van der Waals surface area contributed by atoms with Crippen LogP contribution in [0.1, 0.15) is 15.9 Å². The number of hydrogen-bond acceptors (Lipinski definition) is 4. The Morgan fingerprint density at radius 1 is 1.15 bits per heavy atom. The highest BCUT2D eigenvalue weighted by Gasteiger charge is 2.13. The van der Waals surface area contributed by atoms with Crippen molar-refractivity contribution in [1.29, 1.82) is 0 Å². The van der Waals surface area contributed by atoms with E-state index in [1.54, 1.807) is 47.3 Å². The zero-order valence-corrected chi connectivity index (χ0v) is 15.2. The number of hydrogen-bond donors (Lipinski definition) is 2. The molecule has 0 spiro atoms. The Bertz CT molecular complexity index is 954. The number of rotatable bonds is 5. The minimum atomic E-state index is -0.639. The van der Waals surface area contributed by atoms with Crippen LogP contribution in [-0.4, -0.2) is 28.9 Å². The van der Waals surface area contributed by atoms with Gasteiger partial charge in [-0.3, -0.25) is 10.1 Å². The standard InChI is InChI=1S/C19H17ClN4O3/c1-27-19(26)23-17-5-3-2-4-16(17)18(25)21-10-13-11-22-24(12-13)15-8-6-14(20)7-9-15/h2-9,11-12H,10H2,1H3,(H,21,25)(H,23,26). The van der Waals surface area contributed by atoms with Gasteiger partial charge in [-0.1, -0.05) is 23.7 Å². The van der Waals surface area contributed by atoms with E-state index in [9.17, 15) is 9.59 Å². The van der Waals surface area contributed by atoms with Crippen molar-refractivity contribution in [2.24, 2.45) is 0 Å². The van der Waals surface area contributed by atoms with E-state index in [-0.39, 0.29) is 5.91 Å². The summed E-state index contributed by atoms with van der Waals surface area (Å²) in [5.74, 6) is -0.318. The monoisotopic (exact) mass is 384 g/mol. The van der Waals surface area contributed by atoms with Crippen LogP contribution < -0.4 is 10.6 Å². The maximum absolute atomic E-state index is 12.5. The highest BCUT2D eigenvalue weighted by atomic mass is 35.5. The summed E-state index contributed by atoms with van der Waals surface area (Å²) in [7, 11) is 1.26. The molecule has 0 aliphatic rings. The van der Waals surface area contributed by atoms with E-state index in [2.05, 4.69) is 20.5 Å². The molecule has 2 amide bonds. The maximum Gasteiger partial charge on any atom is 0.411 e. The molecule has 0 unspecified atom stereocenters. The number of ether oxygens (including phenoxy) is 1. The van der Waals surface area contributed by atoms with Crippen molar-refractivity contribution in [3.05, 3.63) is 77.1 Å². The SMILES string of the molecule is COC(=O)Nc1ccccc1C(=O)NCc1cnn(-c2ccc(Cl)cc2)c1. The lowest BCUT2D eigenvalue weighted by Gasteiger charge is -2.10. The molecule has 0 bridgehead atoms. The number of amides is 2. The van der Waals surface area contributed by atoms with Gasteiger partial charge in [0, 0.05) is 23.3 Å². The fourth-order valence-corrected chi connectivity index (χ4v) is 2.54. The highest BCUT2D eigenvalue weighted by Crippen LogP contribution is 2.16. The third-order valence-electron chi connectivity index (χ3n) is 3.77. The molecule has 0 fully saturated rings. The second-order valence-corrected chi connectivity index (χ2v) is 6.05. The number of nitrogens with zero attached hydrogens (tertiary/aromatic N) is 2. The van der Waals surface area contributed by atoms with Gasteiger partial charge in [0.15, 0.2) is 0 Å². The van der Waals surface area contributed by atoms with Gasteiger partial charge in [-0.25, -0.2) is 9.48 Å².